The third-order valence-electron chi connectivity index (χ3n) is 8.32. The first-order chi connectivity index (χ1) is 22.5. The zero-order chi connectivity index (χ0) is 33.7. The number of aromatic nitrogens is 1. The van der Waals surface area contributed by atoms with E-state index in [9.17, 15) is 19.2 Å². The maximum Gasteiger partial charge on any atom is 0.412 e. The number of likely N-dealkylation sites (N-methyl/N-ethyl adjacent to an activating group) is 1. The number of nitrogens with zero attached hydrogens (tertiary/aromatic N) is 6. The highest BCUT2D eigenvalue weighted by Crippen LogP contribution is 2.32. The van der Waals surface area contributed by atoms with E-state index in [1.54, 1.807) is 46.1 Å². The number of para-hydroxylation sites is 1. The SMILES string of the molecule is CCCCNC(=O)N(C)N1CC(=O)N2[C@@H](Cc3ccc(OC(=O)NCCN(C)C)cc3)C(=O)N(Cc3cccc4sc(N)nc34)C[C@@H]21. The van der Waals surface area contributed by atoms with Gasteiger partial charge in [-0.1, -0.05) is 48.9 Å². The van der Waals surface area contributed by atoms with E-state index in [4.69, 9.17) is 10.5 Å². The van der Waals surface area contributed by atoms with Crippen molar-refractivity contribution in [1.82, 2.24) is 40.3 Å². The van der Waals surface area contributed by atoms with E-state index < -0.39 is 18.3 Å². The summed E-state index contributed by atoms with van der Waals surface area (Å²) in [6.45, 7) is 4.15. The molecule has 3 heterocycles. The Kier molecular flexibility index (Phi) is 10.8. The summed E-state index contributed by atoms with van der Waals surface area (Å²) in [5.41, 5.74) is 8.39. The Morgan fingerprint density at radius 3 is 2.57 bits per heavy atom. The summed E-state index contributed by atoms with van der Waals surface area (Å²) in [5.74, 6) is -0.0717. The fourth-order valence-electron chi connectivity index (χ4n) is 5.85. The minimum Gasteiger partial charge on any atom is -0.410 e. The highest BCUT2D eigenvalue weighted by atomic mass is 32.1. The Morgan fingerprint density at radius 1 is 1.09 bits per heavy atom. The number of unbranched alkanes of at least 4 members (excludes halogenated alkanes) is 1. The van der Waals surface area contributed by atoms with Gasteiger partial charge in [0.1, 0.15) is 18.0 Å². The van der Waals surface area contributed by atoms with Gasteiger partial charge in [0.2, 0.25) is 11.8 Å². The Bertz CT molecular complexity index is 1600. The first kappa shape index (κ1) is 33.9. The average molecular weight is 666 g/mol. The molecule has 0 aliphatic carbocycles. The molecule has 47 heavy (non-hydrogen) atoms. The molecule has 0 unspecified atom stereocenters. The van der Waals surface area contributed by atoms with Crippen LogP contribution in [-0.2, 0) is 22.6 Å². The van der Waals surface area contributed by atoms with Crippen molar-refractivity contribution in [1.29, 1.82) is 0 Å². The number of urea groups is 1. The third-order valence-corrected chi connectivity index (χ3v) is 9.17. The predicted octanol–water partition coefficient (Wildman–Crippen LogP) is 2.31. The van der Waals surface area contributed by atoms with Gasteiger partial charge in [-0.05, 0) is 49.8 Å². The smallest absolute Gasteiger partial charge is 0.410 e. The number of benzene rings is 2. The van der Waals surface area contributed by atoms with Gasteiger partial charge in [0.05, 0.1) is 23.3 Å². The molecule has 14 nitrogen and oxygen atoms in total. The monoisotopic (exact) mass is 665 g/mol. The quantitative estimate of drug-likeness (QED) is 0.247. The van der Waals surface area contributed by atoms with Crippen LogP contribution in [0.4, 0.5) is 14.7 Å². The number of nitrogens with two attached hydrogens (primary N) is 1. The lowest BCUT2D eigenvalue weighted by atomic mass is 9.99. The van der Waals surface area contributed by atoms with Crippen LogP contribution in [-0.4, -0.2) is 120 Å². The lowest BCUT2D eigenvalue weighted by molar-refractivity contribution is -0.157. The number of thiazole rings is 1. The molecule has 5 rings (SSSR count). The van der Waals surface area contributed by atoms with Crippen molar-refractivity contribution in [2.45, 2.75) is 44.9 Å². The van der Waals surface area contributed by atoms with E-state index in [2.05, 4.69) is 15.6 Å². The van der Waals surface area contributed by atoms with Gasteiger partial charge in [0.25, 0.3) is 0 Å². The molecule has 252 valence electrons. The molecule has 2 aliphatic rings. The van der Waals surface area contributed by atoms with Gasteiger partial charge in [0, 0.05) is 39.6 Å². The fourth-order valence-corrected chi connectivity index (χ4v) is 6.63. The maximum absolute atomic E-state index is 14.2. The number of hydrazine groups is 1. The second-order valence-electron chi connectivity index (χ2n) is 12.0. The molecule has 15 heteroatoms. The number of fused-ring (bicyclic) bond motifs is 2. The van der Waals surface area contributed by atoms with Gasteiger partial charge in [0.15, 0.2) is 5.13 Å². The minimum absolute atomic E-state index is 0.0338. The van der Waals surface area contributed by atoms with Crippen molar-refractivity contribution in [3.8, 4) is 5.75 Å². The summed E-state index contributed by atoms with van der Waals surface area (Å²) < 4.78 is 6.32. The number of carbonyl (C=O) groups is 4. The molecule has 4 N–H and O–H groups in total. The fraction of sp³-hybridized carbons (Fsp3) is 0.469. The summed E-state index contributed by atoms with van der Waals surface area (Å²) in [6, 6.07) is 11.6. The number of nitrogen functional groups attached to an aromatic ring is 1. The van der Waals surface area contributed by atoms with Crippen LogP contribution in [0.25, 0.3) is 10.2 Å². The number of carbonyl (C=O) groups excluding carboxylic acids is 4. The van der Waals surface area contributed by atoms with Crippen LogP contribution in [0.1, 0.15) is 30.9 Å². The topological polar surface area (TPSA) is 157 Å². The molecule has 0 bridgehead atoms. The summed E-state index contributed by atoms with van der Waals surface area (Å²) in [7, 11) is 5.47. The lowest BCUT2D eigenvalue weighted by Gasteiger charge is -2.45. The van der Waals surface area contributed by atoms with E-state index in [-0.39, 0.29) is 43.9 Å². The van der Waals surface area contributed by atoms with Crippen LogP contribution in [0.15, 0.2) is 42.5 Å². The maximum atomic E-state index is 14.2. The van der Waals surface area contributed by atoms with E-state index >= 15 is 0 Å². The molecule has 1 aromatic heterocycles. The van der Waals surface area contributed by atoms with Gasteiger partial charge in [-0.3, -0.25) is 14.6 Å². The molecule has 2 fully saturated rings. The second kappa shape index (κ2) is 15.0. The number of hydrogen-bond donors (Lipinski definition) is 3. The number of hydrogen-bond acceptors (Lipinski definition) is 10. The lowest BCUT2D eigenvalue weighted by Crippen LogP contribution is -2.65. The number of nitrogens with one attached hydrogen (secondary N) is 2. The predicted molar refractivity (Wildman–Crippen MR) is 179 cm³/mol. The standard InChI is InChI=1S/C32H43N9O5S/c1-5-6-14-34-31(44)38(4)40-20-27(42)41-24(17-21-10-12-23(13-11-21)46-32(45)35-15-16-37(2)3)29(43)39(19-26(40)41)18-22-8-7-9-25-28(22)36-30(33)47-25/h7-13,24,26H,5-6,14-20H2,1-4H3,(H2,33,36)(H,34,44)(H,35,45)/t24-,26+/m0/s1. The molecule has 5 amide bonds. The van der Waals surface area contributed by atoms with Crippen LogP contribution in [0.2, 0.25) is 0 Å². The minimum atomic E-state index is -0.816. The summed E-state index contributed by atoms with van der Waals surface area (Å²) in [5, 5.41) is 9.24. The Hall–Kier alpha value is -4.47. The number of ether oxygens (including phenoxy) is 1. The Morgan fingerprint density at radius 2 is 1.85 bits per heavy atom. The molecular formula is C32H43N9O5S. The van der Waals surface area contributed by atoms with Crippen LogP contribution >= 0.6 is 11.3 Å². The highest BCUT2D eigenvalue weighted by molar-refractivity contribution is 7.22. The molecule has 0 radical (unpaired) electrons. The molecule has 2 aromatic carbocycles. The van der Waals surface area contributed by atoms with E-state index in [0.717, 1.165) is 34.2 Å². The molecular weight excluding hydrogens is 622 g/mol. The first-order valence-electron chi connectivity index (χ1n) is 15.8. The van der Waals surface area contributed by atoms with Gasteiger partial charge >= 0.3 is 12.1 Å². The molecule has 3 aromatic rings. The van der Waals surface area contributed by atoms with Gasteiger partial charge in [-0.15, -0.1) is 0 Å². The molecule has 0 spiro atoms. The highest BCUT2D eigenvalue weighted by Gasteiger charge is 2.51. The Balaban J connectivity index is 1.37. The number of rotatable bonds is 12. The summed E-state index contributed by atoms with van der Waals surface area (Å²) >= 11 is 1.39. The van der Waals surface area contributed by atoms with Crippen molar-refractivity contribution >= 4 is 50.6 Å². The van der Waals surface area contributed by atoms with Crippen LogP contribution in [0.5, 0.6) is 5.75 Å². The number of anilines is 1. The van der Waals surface area contributed by atoms with E-state index in [1.807, 2.05) is 44.1 Å². The zero-order valence-electron chi connectivity index (χ0n) is 27.3. The first-order valence-corrected chi connectivity index (χ1v) is 16.6. The Labute approximate surface area is 278 Å². The second-order valence-corrected chi connectivity index (χ2v) is 13.1. The largest absolute Gasteiger partial charge is 0.412 e. The molecule has 2 atom stereocenters. The van der Waals surface area contributed by atoms with Gasteiger partial charge in [-0.25, -0.2) is 14.6 Å². The van der Waals surface area contributed by atoms with Crippen molar-refractivity contribution in [3.05, 3.63) is 53.6 Å². The summed E-state index contributed by atoms with van der Waals surface area (Å²) in [6.07, 6.45) is 0.913. The number of piperazine rings is 1. The van der Waals surface area contributed by atoms with E-state index in [1.165, 1.54) is 16.3 Å². The van der Waals surface area contributed by atoms with Crippen LogP contribution < -0.4 is 21.1 Å². The summed E-state index contributed by atoms with van der Waals surface area (Å²) in [4.78, 5) is 62.8. The third kappa shape index (κ3) is 7.92. The van der Waals surface area contributed by atoms with E-state index in [0.29, 0.717) is 30.5 Å². The normalized spacial score (nSPS) is 18.1. The van der Waals surface area contributed by atoms with Crippen molar-refractivity contribution in [2.75, 3.05) is 59.6 Å². The molecule has 2 aliphatic heterocycles. The van der Waals surface area contributed by atoms with Crippen molar-refractivity contribution in [2.24, 2.45) is 0 Å². The van der Waals surface area contributed by atoms with Gasteiger partial charge in [-0.2, -0.15) is 5.01 Å². The molecule has 0 saturated carbocycles. The zero-order valence-corrected chi connectivity index (χ0v) is 28.1. The van der Waals surface area contributed by atoms with Crippen LogP contribution in [0, 0.1) is 0 Å². The van der Waals surface area contributed by atoms with Crippen molar-refractivity contribution in [3.63, 3.8) is 0 Å². The van der Waals surface area contributed by atoms with Crippen LogP contribution in [0.3, 0.4) is 0 Å². The van der Waals surface area contributed by atoms with Gasteiger partial charge < -0.3 is 35.8 Å². The van der Waals surface area contributed by atoms with Crippen molar-refractivity contribution < 1.29 is 23.9 Å². The number of amides is 5. The average Bonchev–Trinajstić information content (AvgIpc) is 3.58. The molecule has 2 saturated heterocycles.